The quantitative estimate of drug-likeness (QED) is 0.729. The zero-order chi connectivity index (χ0) is 12.9. The fraction of sp³-hybridized carbons (Fsp3) is 0.353. The lowest BCUT2D eigenvalue weighted by molar-refractivity contribution is 0.359. The van der Waals surface area contributed by atoms with Crippen LogP contribution in [0.2, 0.25) is 0 Å². The number of allylic oxidation sites excluding steroid dienone is 3. The van der Waals surface area contributed by atoms with E-state index in [0.717, 1.165) is 25.9 Å². The molecule has 0 spiro atoms. The van der Waals surface area contributed by atoms with Crippen molar-refractivity contribution in [2.75, 3.05) is 13.1 Å². The van der Waals surface area contributed by atoms with E-state index in [-0.39, 0.29) is 0 Å². The predicted octanol–water partition coefficient (Wildman–Crippen LogP) is 3.87. The second-order valence-corrected chi connectivity index (χ2v) is 5.17. The van der Waals surface area contributed by atoms with Gasteiger partial charge in [-0.05, 0) is 36.5 Å². The average Bonchev–Trinajstić information content (AvgIpc) is 2.95. The van der Waals surface area contributed by atoms with E-state index in [0.29, 0.717) is 0 Å². The maximum absolute atomic E-state index is 4.84. The van der Waals surface area contributed by atoms with E-state index in [9.17, 15) is 0 Å². The van der Waals surface area contributed by atoms with Crippen LogP contribution in [-0.4, -0.2) is 23.8 Å². The van der Waals surface area contributed by atoms with Crippen LogP contribution in [0.3, 0.4) is 0 Å². The summed E-state index contributed by atoms with van der Waals surface area (Å²) in [6, 6.07) is 10.5. The zero-order valence-corrected chi connectivity index (χ0v) is 11.3. The predicted molar refractivity (Wildman–Crippen MR) is 81.0 cm³/mol. The van der Waals surface area contributed by atoms with E-state index in [1.165, 1.54) is 29.7 Å². The minimum atomic E-state index is 0.967. The van der Waals surface area contributed by atoms with E-state index >= 15 is 0 Å². The van der Waals surface area contributed by atoms with Gasteiger partial charge in [-0.15, -0.1) is 0 Å². The van der Waals surface area contributed by atoms with E-state index in [4.69, 9.17) is 5.10 Å². The van der Waals surface area contributed by atoms with Crippen LogP contribution in [0, 0.1) is 0 Å². The lowest BCUT2D eigenvalue weighted by Crippen LogP contribution is -2.17. The molecule has 1 saturated heterocycles. The van der Waals surface area contributed by atoms with E-state index in [1.54, 1.807) is 0 Å². The summed E-state index contributed by atoms with van der Waals surface area (Å²) in [6.45, 7) is 2.23. The Bertz CT molecular complexity index is 505. The number of rotatable bonds is 2. The van der Waals surface area contributed by atoms with Crippen molar-refractivity contribution in [2.45, 2.75) is 25.7 Å². The van der Waals surface area contributed by atoms with Gasteiger partial charge < -0.3 is 0 Å². The second-order valence-electron chi connectivity index (χ2n) is 5.17. The number of hydrazone groups is 1. The summed E-state index contributed by atoms with van der Waals surface area (Å²) in [5.74, 6) is 0. The Hall–Kier alpha value is -1.83. The smallest absolute Gasteiger partial charge is 0.0678 e. The molecule has 0 aromatic heterocycles. The number of nitrogens with zero attached hydrogens (tertiary/aromatic N) is 2. The molecule has 0 radical (unpaired) electrons. The van der Waals surface area contributed by atoms with E-state index in [2.05, 4.69) is 53.6 Å². The first-order chi connectivity index (χ1) is 9.42. The SMILES string of the molecule is C1=CCC(=NN2CCCC2)C(=Cc2ccccc2)C1. The van der Waals surface area contributed by atoms with Gasteiger partial charge in [0.15, 0.2) is 0 Å². The van der Waals surface area contributed by atoms with Crippen molar-refractivity contribution in [3.05, 3.63) is 53.6 Å². The molecule has 1 fully saturated rings. The van der Waals surface area contributed by atoms with Crippen molar-refractivity contribution in [2.24, 2.45) is 5.10 Å². The Morgan fingerprint density at radius 3 is 2.47 bits per heavy atom. The van der Waals surface area contributed by atoms with Gasteiger partial charge in [-0.25, -0.2) is 0 Å². The molecular formula is C17H20N2. The van der Waals surface area contributed by atoms with Crippen molar-refractivity contribution < 1.29 is 0 Å². The number of benzene rings is 1. The molecule has 98 valence electrons. The minimum Gasteiger partial charge on any atom is -0.297 e. The highest BCUT2D eigenvalue weighted by atomic mass is 15.5. The van der Waals surface area contributed by atoms with Gasteiger partial charge in [0.05, 0.1) is 5.71 Å². The third-order valence-electron chi connectivity index (χ3n) is 3.67. The Kier molecular flexibility index (Phi) is 3.78. The van der Waals surface area contributed by atoms with Gasteiger partial charge >= 0.3 is 0 Å². The molecule has 3 rings (SSSR count). The average molecular weight is 252 g/mol. The van der Waals surface area contributed by atoms with Crippen LogP contribution in [-0.2, 0) is 0 Å². The van der Waals surface area contributed by atoms with E-state index < -0.39 is 0 Å². The highest BCUT2D eigenvalue weighted by molar-refractivity contribution is 6.05. The van der Waals surface area contributed by atoms with Crippen LogP contribution >= 0.6 is 0 Å². The van der Waals surface area contributed by atoms with Crippen molar-refractivity contribution in [1.29, 1.82) is 0 Å². The van der Waals surface area contributed by atoms with Gasteiger partial charge in [-0.2, -0.15) is 5.10 Å². The fourth-order valence-corrected chi connectivity index (χ4v) is 2.62. The fourth-order valence-electron chi connectivity index (χ4n) is 2.62. The minimum absolute atomic E-state index is 0.967. The van der Waals surface area contributed by atoms with Crippen LogP contribution in [0.1, 0.15) is 31.2 Å². The maximum atomic E-state index is 4.84. The van der Waals surface area contributed by atoms with Gasteiger partial charge in [-0.3, -0.25) is 5.01 Å². The summed E-state index contributed by atoms with van der Waals surface area (Å²) < 4.78 is 0. The number of hydrogen-bond acceptors (Lipinski definition) is 2. The van der Waals surface area contributed by atoms with Gasteiger partial charge in [-0.1, -0.05) is 42.5 Å². The van der Waals surface area contributed by atoms with Crippen LogP contribution in [0.15, 0.2) is 53.2 Å². The molecule has 2 nitrogen and oxygen atoms in total. The molecule has 1 heterocycles. The first-order valence-electron chi connectivity index (χ1n) is 7.15. The third kappa shape index (κ3) is 3.14. The summed E-state index contributed by atoms with van der Waals surface area (Å²) in [5.41, 5.74) is 3.87. The lowest BCUT2D eigenvalue weighted by atomic mass is 9.96. The molecule has 1 aliphatic carbocycles. The summed E-state index contributed by atoms with van der Waals surface area (Å²) in [4.78, 5) is 0. The highest BCUT2D eigenvalue weighted by Gasteiger charge is 2.14. The Labute approximate surface area is 115 Å². The molecule has 1 aromatic rings. The Morgan fingerprint density at radius 2 is 1.68 bits per heavy atom. The molecule has 0 bridgehead atoms. The molecule has 2 heteroatoms. The topological polar surface area (TPSA) is 15.6 Å². The Morgan fingerprint density at radius 1 is 0.947 bits per heavy atom. The third-order valence-corrected chi connectivity index (χ3v) is 3.67. The molecule has 0 N–H and O–H groups in total. The molecule has 0 amide bonds. The van der Waals surface area contributed by atoms with Gasteiger partial charge in [0.25, 0.3) is 0 Å². The normalized spacial score (nSPS) is 23.5. The first-order valence-corrected chi connectivity index (χ1v) is 7.15. The van der Waals surface area contributed by atoms with Crippen molar-refractivity contribution in [3.63, 3.8) is 0 Å². The molecule has 0 saturated carbocycles. The van der Waals surface area contributed by atoms with Crippen molar-refractivity contribution >= 4 is 11.8 Å². The molecule has 0 atom stereocenters. The summed E-state index contributed by atoms with van der Waals surface area (Å²) >= 11 is 0. The molecule has 2 aliphatic rings. The van der Waals surface area contributed by atoms with Gasteiger partial charge in [0.2, 0.25) is 0 Å². The molecule has 1 aromatic carbocycles. The first kappa shape index (κ1) is 12.2. The van der Waals surface area contributed by atoms with Crippen LogP contribution in [0.5, 0.6) is 0 Å². The molecule has 1 aliphatic heterocycles. The second kappa shape index (κ2) is 5.87. The van der Waals surface area contributed by atoms with Crippen LogP contribution in [0.25, 0.3) is 6.08 Å². The maximum Gasteiger partial charge on any atom is 0.0678 e. The zero-order valence-electron chi connectivity index (χ0n) is 11.3. The highest BCUT2D eigenvalue weighted by Crippen LogP contribution is 2.20. The summed E-state index contributed by atoms with van der Waals surface area (Å²) in [7, 11) is 0. The van der Waals surface area contributed by atoms with Crippen molar-refractivity contribution in [3.8, 4) is 0 Å². The monoisotopic (exact) mass is 252 g/mol. The van der Waals surface area contributed by atoms with Crippen molar-refractivity contribution in [1.82, 2.24) is 5.01 Å². The van der Waals surface area contributed by atoms with E-state index in [1.807, 2.05) is 0 Å². The molecular weight excluding hydrogens is 232 g/mol. The number of hydrogen-bond donors (Lipinski definition) is 0. The largest absolute Gasteiger partial charge is 0.297 e. The molecule has 0 unspecified atom stereocenters. The van der Waals surface area contributed by atoms with Crippen LogP contribution < -0.4 is 0 Å². The summed E-state index contributed by atoms with van der Waals surface area (Å²) in [6.07, 6.45) is 11.3. The van der Waals surface area contributed by atoms with Crippen LogP contribution in [0.4, 0.5) is 0 Å². The molecule has 19 heavy (non-hydrogen) atoms. The Balaban J connectivity index is 1.85. The lowest BCUT2D eigenvalue weighted by Gasteiger charge is -2.17. The van der Waals surface area contributed by atoms with Gasteiger partial charge in [0.1, 0.15) is 0 Å². The van der Waals surface area contributed by atoms with Gasteiger partial charge in [0, 0.05) is 19.5 Å². The summed E-state index contributed by atoms with van der Waals surface area (Å²) in [5, 5.41) is 7.07. The standard InChI is InChI=1S/C17H20N2/c1-2-8-15(9-3-1)14-16-10-4-5-11-17(16)18-19-12-6-7-13-19/h1-5,8-9,14H,6-7,10-13H2.